The fourth-order valence-corrected chi connectivity index (χ4v) is 2.44. The molecule has 0 amide bonds. The first-order chi connectivity index (χ1) is 9.92. The molecule has 2 aromatic heterocycles. The number of rotatable bonds is 5. The van der Waals surface area contributed by atoms with Crippen molar-refractivity contribution in [1.29, 1.82) is 0 Å². The molecule has 2 heterocycles. The summed E-state index contributed by atoms with van der Waals surface area (Å²) in [7, 11) is 0. The molecule has 21 heavy (non-hydrogen) atoms. The molecule has 0 spiro atoms. The van der Waals surface area contributed by atoms with Gasteiger partial charge in [0, 0.05) is 18.3 Å². The topological polar surface area (TPSA) is 42.7 Å². The first-order valence-electron chi connectivity index (χ1n) is 7.37. The van der Waals surface area contributed by atoms with Gasteiger partial charge in [-0.05, 0) is 53.9 Å². The third-order valence-electron chi connectivity index (χ3n) is 3.42. The fourth-order valence-electron chi connectivity index (χ4n) is 2.19. The van der Waals surface area contributed by atoms with Gasteiger partial charge < -0.3 is 5.32 Å². The van der Waals surface area contributed by atoms with Crippen LogP contribution in [0.3, 0.4) is 0 Å². The molecule has 5 heteroatoms. The van der Waals surface area contributed by atoms with Crippen LogP contribution >= 0.6 is 15.9 Å². The van der Waals surface area contributed by atoms with Gasteiger partial charge in [-0.3, -0.25) is 0 Å². The molecule has 0 aliphatic rings. The van der Waals surface area contributed by atoms with Gasteiger partial charge in [0.25, 0.3) is 0 Å². The van der Waals surface area contributed by atoms with Crippen molar-refractivity contribution >= 4 is 15.9 Å². The summed E-state index contributed by atoms with van der Waals surface area (Å²) in [4.78, 5) is 4.72. The quantitative estimate of drug-likeness (QED) is 0.893. The Balaban J connectivity index is 2.42. The predicted octanol–water partition coefficient (Wildman–Crippen LogP) is 3.71. The lowest BCUT2D eigenvalue weighted by Crippen LogP contribution is -2.22. The Morgan fingerprint density at radius 2 is 2.00 bits per heavy atom. The molecule has 1 N–H and O–H groups in total. The SMILES string of the molecule is CCc1cc(CNC(C)C)cc(-n2nc(C)c(Br)c2C)n1. The Hall–Kier alpha value is -1.20. The van der Waals surface area contributed by atoms with Crippen LogP contribution in [0.15, 0.2) is 16.6 Å². The molecule has 0 aliphatic carbocycles. The van der Waals surface area contributed by atoms with Crippen molar-refractivity contribution in [2.75, 3.05) is 0 Å². The molecule has 2 aromatic rings. The first-order valence-corrected chi connectivity index (χ1v) is 8.17. The van der Waals surface area contributed by atoms with Crippen molar-refractivity contribution in [2.24, 2.45) is 0 Å². The predicted molar refractivity (Wildman–Crippen MR) is 89.9 cm³/mol. The average Bonchev–Trinajstić information content (AvgIpc) is 2.72. The summed E-state index contributed by atoms with van der Waals surface area (Å²) in [5.41, 5.74) is 4.40. The molecule has 114 valence electrons. The lowest BCUT2D eigenvalue weighted by molar-refractivity contribution is 0.587. The van der Waals surface area contributed by atoms with Gasteiger partial charge in [0.2, 0.25) is 0 Å². The van der Waals surface area contributed by atoms with Crippen molar-refractivity contribution in [3.05, 3.63) is 39.3 Å². The summed E-state index contributed by atoms with van der Waals surface area (Å²) < 4.78 is 2.96. The molecule has 0 aromatic carbocycles. The summed E-state index contributed by atoms with van der Waals surface area (Å²) in [5, 5.41) is 8.03. The third-order valence-corrected chi connectivity index (χ3v) is 4.57. The van der Waals surface area contributed by atoms with Gasteiger partial charge in [0.05, 0.1) is 15.9 Å². The van der Waals surface area contributed by atoms with E-state index < -0.39 is 0 Å². The smallest absolute Gasteiger partial charge is 0.154 e. The van der Waals surface area contributed by atoms with Crippen LogP contribution in [-0.4, -0.2) is 20.8 Å². The van der Waals surface area contributed by atoms with Crippen molar-refractivity contribution < 1.29 is 0 Å². The van der Waals surface area contributed by atoms with Gasteiger partial charge in [0.1, 0.15) is 0 Å². The minimum atomic E-state index is 0.467. The lowest BCUT2D eigenvalue weighted by Gasteiger charge is -2.12. The average molecular weight is 351 g/mol. The van der Waals surface area contributed by atoms with Crippen LogP contribution in [0.5, 0.6) is 0 Å². The van der Waals surface area contributed by atoms with Gasteiger partial charge in [-0.2, -0.15) is 5.10 Å². The Kier molecular flexibility index (Phi) is 5.17. The highest BCUT2D eigenvalue weighted by Gasteiger charge is 2.12. The first kappa shape index (κ1) is 16.2. The van der Waals surface area contributed by atoms with E-state index in [0.717, 1.165) is 40.3 Å². The zero-order valence-electron chi connectivity index (χ0n) is 13.4. The van der Waals surface area contributed by atoms with Crippen molar-refractivity contribution in [3.63, 3.8) is 0 Å². The summed E-state index contributed by atoms with van der Waals surface area (Å²) >= 11 is 3.58. The van der Waals surface area contributed by atoms with Crippen molar-refractivity contribution in [2.45, 2.75) is 53.6 Å². The molecule has 2 rings (SSSR count). The van der Waals surface area contributed by atoms with Crippen LogP contribution in [0.25, 0.3) is 5.82 Å². The number of hydrogen-bond acceptors (Lipinski definition) is 3. The summed E-state index contributed by atoms with van der Waals surface area (Å²) in [6.07, 6.45) is 0.920. The number of halogens is 1. The van der Waals surface area contributed by atoms with E-state index >= 15 is 0 Å². The van der Waals surface area contributed by atoms with Gasteiger partial charge in [-0.1, -0.05) is 20.8 Å². The highest BCUT2D eigenvalue weighted by Crippen LogP contribution is 2.23. The normalized spacial score (nSPS) is 11.4. The van der Waals surface area contributed by atoms with Gasteiger partial charge in [-0.15, -0.1) is 0 Å². The summed E-state index contributed by atoms with van der Waals surface area (Å²) in [6.45, 7) is 11.3. The van der Waals surface area contributed by atoms with Crippen LogP contribution in [0, 0.1) is 13.8 Å². The second kappa shape index (κ2) is 6.71. The molecule has 0 saturated heterocycles. The number of nitrogens with one attached hydrogen (secondary N) is 1. The van der Waals surface area contributed by atoms with Crippen LogP contribution in [0.1, 0.15) is 43.4 Å². The number of aromatic nitrogens is 3. The minimum absolute atomic E-state index is 0.467. The van der Waals surface area contributed by atoms with E-state index in [-0.39, 0.29) is 0 Å². The molecule has 4 nitrogen and oxygen atoms in total. The maximum absolute atomic E-state index is 4.72. The Labute approximate surface area is 135 Å². The molecule has 0 saturated carbocycles. The number of nitrogens with zero attached hydrogens (tertiary/aromatic N) is 3. The second-order valence-corrected chi connectivity index (χ2v) is 6.40. The van der Waals surface area contributed by atoms with Crippen molar-refractivity contribution in [1.82, 2.24) is 20.1 Å². The van der Waals surface area contributed by atoms with Gasteiger partial charge in [-0.25, -0.2) is 9.67 Å². The molecular formula is C16H23BrN4. The molecule has 0 atom stereocenters. The lowest BCUT2D eigenvalue weighted by atomic mass is 10.2. The monoisotopic (exact) mass is 350 g/mol. The van der Waals surface area contributed by atoms with Crippen LogP contribution in [0.2, 0.25) is 0 Å². The van der Waals surface area contributed by atoms with E-state index in [2.05, 4.69) is 66.2 Å². The molecule has 0 unspecified atom stereocenters. The Morgan fingerprint density at radius 3 is 2.52 bits per heavy atom. The second-order valence-electron chi connectivity index (χ2n) is 5.61. The van der Waals surface area contributed by atoms with E-state index in [4.69, 9.17) is 4.98 Å². The summed E-state index contributed by atoms with van der Waals surface area (Å²) in [6, 6.07) is 4.74. The number of aryl methyl sites for hydroxylation is 2. The van der Waals surface area contributed by atoms with Crippen LogP contribution in [-0.2, 0) is 13.0 Å². The maximum atomic E-state index is 4.72. The van der Waals surface area contributed by atoms with E-state index in [1.165, 1.54) is 5.56 Å². The number of pyridine rings is 1. The zero-order chi connectivity index (χ0) is 15.6. The highest BCUT2D eigenvalue weighted by molar-refractivity contribution is 9.10. The van der Waals surface area contributed by atoms with E-state index in [1.54, 1.807) is 0 Å². The molecule has 0 bridgehead atoms. The standard InChI is InChI=1S/C16H23BrN4/c1-6-14-7-13(9-18-10(2)3)8-15(19-14)21-12(5)16(17)11(4)20-21/h7-8,10,18H,6,9H2,1-5H3. The zero-order valence-corrected chi connectivity index (χ0v) is 15.0. The third kappa shape index (κ3) is 3.71. The van der Waals surface area contributed by atoms with Gasteiger partial charge in [0.15, 0.2) is 5.82 Å². The molecule has 0 radical (unpaired) electrons. The largest absolute Gasteiger partial charge is 0.310 e. The van der Waals surface area contributed by atoms with Gasteiger partial charge >= 0.3 is 0 Å². The van der Waals surface area contributed by atoms with Crippen LogP contribution in [0.4, 0.5) is 0 Å². The Bertz CT molecular complexity index is 631. The summed E-state index contributed by atoms with van der Waals surface area (Å²) in [5.74, 6) is 0.890. The van der Waals surface area contributed by atoms with Crippen molar-refractivity contribution in [3.8, 4) is 5.82 Å². The number of hydrogen-bond donors (Lipinski definition) is 1. The fraction of sp³-hybridized carbons (Fsp3) is 0.500. The van der Waals surface area contributed by atoms with E-state index in [0.29, 0.717) is 6.04 Å². The Morgan fingerprint density at radius 1 is 1.29 bits per heavy atom. The van der Waals surface area contributed by atoms with Crippen LogP contribution < -0.4 is 5.32 Å². The molecule has 0 aliphatic heterocycles. The minimum Gasteiger partial charge on any atom is -0.310 e. The molecule has 0 fully saturated rings. The van der Waals surface area contributed by atoms with E-state index in [9.17, 15) is 0 Å². The maximum Gasteiger partial charge on any atom is 0.154 e. The van der Waals surface area contributed by atoms with E-state index in [1.807, 2.05) is 11.6 Å². The molecular weight excluding hydrogens is 328 g/mol. The highest BCUT2D eigenvalue weighted by atomic mass is 79.9.